The lowest BCUT2D eigenvalue weighted by atomic mass is 9.87. The lowest BCUT2D eigenvalue weighted by molar-refractivity contribution is 0.448. The van der Waals surface area contributed by atoms with Crippen molar-refractivity contribution < 1.29 is 0 Å². The van der Waals surface area contributed by atoms with Crippen molar-refractivity contribution in [2.45, 2.75) is 45.6 Å². The summed E-state index contributed by atoms with van der Waals surface area (Å²) in [7, 11) is 0. The first-order valence-corrected chi connectivity index (χ1v) is 9.50. The molecule has 3 aromatic rings. The van der Waals surface area contributed by atoms with Crippen molar-refractivity contribution in [2.24, 2.45) is 0 Å². The van der Waals surface area contributed by atoms with Crippen molar-refractivity contribution in [3.8, 4) is 0 Å². The third-order valence-corrected chi connectivity index (χ3v) is 6.03. The van der Waals surface area contributed by atoms with Gasteiger partial charge in [-0.3, -0.25) is 4.98 Å². The average molecular weight is 331 g/mol. The van der Waals surface area contributed by atoms with Crippen LogP contribution in [0.25, 0.3) is 10.9 Å². The van der Waals surface area contributed by atoms with Gasteiger partial charge >= 0.3 is 0 Å². The molecule has 0 N–H and O–H groups in total. The second kappa shape index (κ2) is 5.62. The topological polar surface area (TPSA) is 21.1 Å². The van der Waals surface area contributed by atoms with Gasteiger partial charge in [0.25, 0.3) is 0 Å². The number of anilines is 1. The molecule has 1 saturated heterocycles. The van der Waals surface area contributed by atoms with Crippen molar-refractivity contribution >= 4 is 16.6 Å². The molecule has 6 rings (SSSR count). The number of benzene rings is 1. The summed E-state index contributed by atoms with van der Waals surface area (Å²) in [5, 5.41) is 1.45. The maximum Gasteiger partial charge on any atom is 0.0662 e. The number of nitrogens with zero attached hydrogens (tertiary/aromatic N) is 3. The molecule has 3 heteroatoms. The van der Waals surface area contributed by atoms with Crippen LogP contribution in [-0.2, 0) is 13.0 Å². The van der Waals surface area contributed by atoms with Crippen LogP contribution in [0.5, 0.6) is 0 Å². The van der Waals surface area contributed by atoms with Gasteiger partial charge in [-0.2, -0.15) is 0 Å². The molecule has 1 fully saturated rings. The number of hydrogen-bond acceptors (Lipinski definition) is 2. The highest BCUT2D eigenvalue weighted by atomic mass is 15.2. The van der Waals surface area contributed by atoms with Crippen molar-refractivity contribution in [1.29, 1.82) is 0 Å². The molecular weight excluding hydrogens is 306 g/mol. The summed E-state index contributed by atoms with van der Waals surface area (Å²) in [6.07, 6.45) is 5.71. The van der Waals surface area contributed by atoms with E-state index in [2.05, 4.69) is 51.7 Å². The monoisotopic (exact) mass is 331 g/mol. The molecule has 0 amide bonds. The van der Waals surface area contributed by atoms with Gasteiger partial charge in [0.2, 0.25) is 0 Å². The van der Waals surface area contributed by atoms with Gasteiger partial charge in [0.05, 0.1) is 11.2 Å². The zero-order valence-electron chi connectivity index (χ0n) is 15.1. The van der Waals surface area contributed by atoms with Gasteiger partial charge in [0, 0.05) is 48.5 Å². The molecule has 0 saturated carbocycles. The fraction of sp³-hybridized carbons (Fsp3) is 0.409. The van der Waals surface area contributed by atoms with E-state index < -0.39 is 0 Å². The zero-order valence-corrected chi connectivity index (χ0v) is 15.1. The highest BCUT2D eigenvalue weighted by Crippen LogP contribution is 2.47. The Morgan fingerprint density at radius 3 is 2.68 bits per heavy atom. The molecule has 128 valence electrons. The van der Waals surface area contributed by atoms with E-state index in [0.717, 1.165) is 24.6 Å². The van der Waals surface area contributed by atoms with Crippen molar-refractivity contribution in [1.82, 2.24) is 9.55 Å². The smallest absolute Gasteiger partial charge is 0.0662 e. The predicted molar refractivity (Wildman–Crippen MR) is 104 cm³/mol. The van der Waals surface area contributed by atoms with Crippen LogP contribution in [-0.4, -0.2) is 22.6 Å². The number of rotatable bonds is 3. The first-order chi connectivity index (χ1) is 12.2. The third-order valence-electron chi connectivity index (χ3n) is 6.03. The third kappa shape index (κ3) is 2.37. The Hall–Kier alpha value is -2.29. The molecule has 0 spiro atoms. The lowest BCUT2D eigenvalue weighted by Gasteiger charge is -2.41. The largest absolute Gasteiger partial charge is 0.370 e. The van der Waals surface area contributed by atoms with E-state index in [1.54, 1.807) is 5.69 Å². The average Bonchev–Trinajstić information content (AvgIpc) is 2.98. The Morgan fingerprint density at radius 1 is 1.08 bits per heavy atom. The van der Waals surface area contributed by atoms with Crippen LogP contribution in [0.1, 0.15) is 41.3 Å². The number of piperidine rings is 1. The Bertz CT molecular complexity index is 928. The summed E-state index contributed by atoms with van der Waals surface area (Å²) in [6.45, 7) is 7.76. The molecule has 3 aliphatic rings. The standard InChI is InChI=1S/C22H25N3/c1-15-3-6-19-20(13-15)25(12-7-17-5-4-16(2)23-14-17)21-18-8-10-24(11-9-18)22(19)21/h3-6,13-14,18H,7-12H2,1-2H3. The van der Waals surface area contributed by atoms with Crippen molar-refractivity contribution in [2.75, 3.05) is 18.0 Å². The van der Waals surface area contributed by atoms with Crippen LogP contribution in [0.3, 0.4) is 0 Å². The molecule has 25 heavy (non-hydrogen) atoms. The van der Waals surface area contributed by atoms with Crippen LogP contribution in [0.2, 0.25) is 0 Å². The molecular formula is C22H25N3. The molecule has 0 aliphatic carbocycles. The number of hydrogen-bond donors (Lipinski definition) is 0. The molecule has 3 nitrogen and oxygen atoms in total. The molecule has 2 aromatic heterocycles. The van der Waals surface area contributed by atoms with E-state index in [1.807, 2.05) is 13.1 Å². The molecule has 0 radical (unpaired) electrons. The second-order valence-corrected chi connectivity index (χ2v) is 7.73. The minimum absolute atomic E-state index is 0.740. The summed E-state index contributed by atoms with van der Waals surface area (Å²) in [4.78, 5) is 7.09. The molecule has 5 heterocycles. The normalized spacial score (nSPS) is 16.6. The second-order valence-electron chi connectivity index (χ2n) is 7.73. The van der Waals surface area contributed by atoms with Gasteiger partial charge in [-0.05, 0) is 56.4 Å². The molecule has 1 aromatic carbocycles. The van der Waals surface area contributed by atoms with Crippen LogP contribution >= 0.6 is 0 Å². The van der Waals surface area contributed by atoms with Crippen molar-refractivity contribution in [3.63, 3.8) is 0 Å². The highest BCUT2D eigenvalue weighted by Gasteiger charge is 2.35. The van der Waals surface area contributed by atoms with E-state index >= 15 is 0 Å². The van der Waals surface area contributed by atoms with Crippen LogP contribution in [0.4, 0.5) is 5.69 Å². The minimum atomic E-state index is 0.740. The van der Waals surface area contributed by atoms with E-state index in [4.69, 9.17) is 0 Å². The maximum absolute atomic E-state index is 4.46. The quantitative estimate of drug-likeness (QED) is 0.700. The minimum Gasteiger partial charge on any atom is -0.370 e. The van der Waals surface area contributed by atoms with E-state index in [-0.39, 0.29) is 0 Å². The Labute approximate surface area is 149 Å². The maximum atomic E-state index is 4.46. The van der Waals surface area contributed by atoms with Crippen molar-refractivity contribution in [3.05, 3.63) is 59.0 Å². The summed E-state index contributed by atoms with van der Waals surface area (Å²) >= 11 is 0. The van der Waals surface area contributed by atoms with E-state index in [9.17, 15) is 0 Å². The van der Waals surface area contributed by atoms with E-state index in [0.29, 0.717) is 0 Å². The predicted octanol–water partition coefficient (Wildman–Crippen LogP) is 4.59. The van der Waals surface area contributed by atoms with E-state index in [1.165, 1.54) is 53.6 Å². The van der Waals surface area contributed by atoms with Gasteiger partial charge in [-0.25, -0.2) is 0 Å². The summed E-state index contributed by atoms with van der Waals surface area (Å²) < 4.78 is 2.62. The van der Waals surface area contributed by atoms with Gasteiger partial charge in [-0.1, -0.05) is 18.2 Å². The number of aromatic nitrogens is 2. The number of fused-ring (bicyclic) bond motifs is 3. The fourth-order valence-electron chi connectivity index (χ4n) is 4.71. The van der Waals surface area contributed by atoms with Gasteiger partial charge in [-0.15, -0.1) is 0 Å². The lowest BCUT2D eigenvalue weighted by Crippen LogP contribution is -2.39. The zero-order chi connectivity index (χ0) is 17.0. The molecule has 3 aliphatic heterocycles. The molecule has 2 bridgehead atoms. The molecule has 0 atom stereocenters. The first-order valence-electron chi connectivity index (χ1n) is 9.50. The van der Waals surface area contributed by atoms with Crippen LogP contribution < -0.4 is 4.90 Å². The summed E-state index contributed by atoms with van der Waals surface area (Å²) in [5.74, 6) is 0.740. The Kier molecular flexibility index (Phi) is 3.37. The fourth-order valence-corrected chi connectivity index (χ4v) is 4.71. The number of pyridine rings is 1. The SMILES string of the molecule is Cc1ccc2c3c(n(CCc4ccc(C)nc4)c2c1)C1CCN3CC1. The Morgan fingerprint density at radius 2 is 1.92 bits per heavy atom. The Balaban J connectivity index is 1.60. The van der Waals surface area contributed by atoms with Gasteiger partial charge in [0.15, 0.2) is 0 Å². The van der Waals surface area contributed by atoms with Crippen LogP contribution in [0.15, 0.2) is 36.5 Å². The number of aryl methyl sites for hydroxylation is 4. The summed E-state index contributed by atoms with van der Waals surface area (Å²) in [5.41, 5.74) is 8.31. The highest BCUT2D eigenvalue weighted by molar-refractivity contribution is 5.97. The molecule has 0 unspecified atom stereocenters. The van der Waals surface area contributed by atoms with Crippen LogP contribution in [0, 0.1) is 13.8 Å². The van der Waals surface area contributed by atoms with Gasteiger partial charge < -0.3 is 9.47 Å². The first kappa shape index (κ1) is 15.0. The van der Waals surface area contributed by atoms with Gasteiger partial charge in [0.1, 0.15) is 0 Å². The summed E-state index contributed by atoms with van der Waals surface area (Å²) in [6, 6.07) is 11.3.